The summed E-state index contributed by atoms with van der Waals surface area (Å²) < 4.78 is 0. The largest absolute Gasteiger partial charge is 0.350 e. The first-order chi connectivity index (χ1) is 13.1. The number of hydrogen-bond donors (Lipinski definition) is 2. The highest BCUT2D eigenvalue weighted by molar-refractivity contribution is 5.91. The van der Waals surface area contributed by atoms with Gasteiger partial charge in [0.2, 0.25) is 5.91 Å². The van der Waals surface area contributed by atoms with Gasteiger partial charge in [-0.15, -0.1) is 0 Å². The predicted molar refractivity (Wildman–Crippen MR) is 101 cm³/mol. The number of nitrogens with zero attached hydrogens (tertiary/aromatic N) is 3. The van der Waals surface area contributed by atoms with Crippen LogP contribution in [0.25, 0.3) is 0 Å². The molecule has 1 aliphatic carbocycles. The third-order valence-corrected chi connectivity index (χ3v) is 5.08. The first-order valence-electron chi connectivity index (χ1n) is 9.35. The molecular formula is C20H25N5O2. The van der Waals surface area contributed by atoms with Crippen LogP contribution in [0, 0.1) is 11.8 Å². The maximum atomic E-state index is 12.1. The minimum absolute atomic E-state index is 0.0380. The van der Waals surface area contributed by atoms with E-state index in [9.17, 15) is 9.59 Å². The molecule has 2 aromatic heterocycles. The van der Waals surface area contributed by atoms with Crippen LogP contribution in [0.1, 0.15) is 54.8 Å². The van der Waals surface area contributed by atoms with Crippen molar-refractivity contribution in [2.24, 2.45) is 11.8 Å². The molecule has 2 N–H and O–H groups in total. The SMILES string of the molecule is CC(=O)N[C@H](c1ccccn1)C1CCC(CNC(=O)c2cnccn2)CC1. The molecule has 0 radical (unpaired) electrons. The smallest absolute Gasteiger partial charge is 0.271 e. The van der Waals surface area contributed by atoms with Crippen molar-refractivity contribution in [2.75, 3.05) is 6.54 Å². The van der Waals surface area contributed by atoms with Gasteiger partial charge in [-0.3, -0.25) is 19.6 Å². The van der Waals surface area contributed by atoms with Gasteiger partial charge in [0.1, 0.15) is 5.69 Å². The highest BCUT2D eigenvalue weighted by Gasteiger charge is 2.30. The zero-order valence-corrected chi connectivity index (χ0v) is 15.5. The number of pyridine rings is 1. The highest BCUT2D eigenvalue weighted by Crippen LogP contribution is 2.36. The van der Waals surface area contributed by atoms with Gasteiger partial charge in [-0.05, 0) is 49.7 Å². The molecule has 7 nitrogen and oxygen atoms in total. The van der Waals surface area contributed by atoms with E-state index >= 15 is 0 Å². The van der Waals surface area contributed by atoms with Crippen LogP contribution in [0.15, 0.2) is 43.0 Å². The molecular weight excluding hydrogens is 342 g/mol. The molecule has 1 saturated carbocycles. The van der Waals surface area contributed by atoms with Gasteiger partial charge in [-0.1, -0.05) is 6.07 Å². The monoisotopic (exact) mass is 367 g/mol. The minimum atomic E-state index is -0.185. The summed E-state index contributed by atoms with van der Waals surface area (Å²) in [6.45, 7) is 2.18. The van der Waals surface area contributed by atoms with E-state index in [1.807, 2.05) is 18.2 Å². The van der Waals surface area contributed by atoms with Crippen molar-refractivity contribution in [3.8, 4) is 0 Å². The van der Waals surface area contributed by atoms with E-state index in [4.69, 9.17) is 0 Å². The standard InChI is InChI=1S/C20H25N5O2/c1-14(26)25-19(17-4-2-3-9-22-17)16-7-5-15(6-8-16)12-24-20(27)18-13-21-10-11-23-18/h2-4,9-11,13,15-16,19H,5-8,12H2,1H3,(H,24,27)(H,25,26)/t15?,16?,19-/m0/s1. The zero-order chi connectivity index (χ0) is 19.1. The molecule has 1 atom stereocenters. The predicted octanol–water partition coefficient (Wildman–Crippen LogP) is 2.29. The molecule has 0 bridgehead atoms. The van der Waals surface area contributed by atoms with Crippen LogP contribution < -0.4 is 10.6 Å². The summed E-state index contributed by atoms with van der Waals surface area (Å²) >= 11 is 0. The highest BCUT2D eigenvalue weighted by atomic mass is 16.2. The molecule has 142 valence electrons. The van der Waals surface area contributed by atoms with E-state index in [0.29, 0.717) is 24.1 Å². The van der Waals surface area contributed by atoms with Gasteiger partial charge in [0.05, 0.1) is 17.9 Å². The van der Waals surface area contributed by atoms with Crippen LogP contribution in [0.2, 0.25) is 0 Å². The lowest BCUT2D eigenvalue weighted by Gasteiger charge is -2.34. The zero-order valence-electron chi connectivity index (χ0n) is 15.5. The second-order valence-electron chi connectivity index (χ2n) is 7.01. The van der Waals surface area contributed by atoms with Crippen LogP contribution in [0.4, 0.5) is 0 Å². The van der Waals surface area contributed by atoms with Gasteiger partial charge in [0.15, 0.2) is 0 Å². The van der Waals surface area contributed by atoms with Gasteiger partial charge in [-0.2, -0.15) is 0 Å². The Morgan fingerprint density at radius 3 is 2.56 bits per heavy atom. The molecule has 0 aromatic carbocycles. The van der Waals surface area contributed by atoms with Crippen LogP contribution in [0.5, 0.6) is 0 Å². The van der Waals surface area contributed by atoms with Gasteiger partial charge in [0, 0.05) is 32.1 Å². The molecule has 0 saturated heterocycles. The Kier molecular flexibility index (Phi) is 6.46. The van der Waals surface area contributed by atoms with Crippen molar-refractivity contribution in [3.63, 3.8) is 0 Å². The van der Waals surface area contributed by atoms with Crippen LogP contribution in [0.3, 0.4) is 0 Å². The van der Waals surface area contributed by atoms with Crippen molar-refractivity contribution in [3.05, 3.63) is 54.4 Å². The minimum Gasteiger partial charge on any atom is -0.350 e. The number of carbonyl (C=O) groups excluding carboxylic acids is 2. The maximum absolute atomic E-state index is 12.1. The fraction of sp³-hybridized carbons (Fsp3) is 0.450. The average Bonchev–Trinajstić information content (AvgIpc) is 2.72. The Labute approximate surface area is 159 Å². The summed E-state index contributed by atoms with van der Waals surface area (Å²) in [7, 11) is 0. The van der Waals surface area contributed by atoms with Crippen molar-refractivity contribution >= 4 is 11.8 Å². The maximum Gasteiger partial charge on any atom is 0.271 e. The summed E-state index contributed by atoms with van der Waals surface area (Å²) in [4.78, 5) is 36.1. The lowest BCUT2D eigenvalue weighted by molar-refractivity contribution is -0.120. The molecule has 2 amide bonds. The second-order valence-corrected chi connectivity index (χ2v) is 7.01. The van der Waals surface area contributed by atoms with E-state index in [1.54, 1.807) is 19.3 Å². The molecule has 27 heavy (non-hydrogen) atoms. The number of amides is 2. The molecule has 0 unspecified atom stereocenters. The quantitative estimate of drug-likeness (QED) is 0.816. The van der Waals surface area contributed by atoms with Crippen LogP contribution >= 0.6 is 0 Å². The Morgan fingerprint density at radius 2 is 1.93 bits per heavy atom. The second kappa shape index (κ2) is 9.21. The van der Waals surface area contributed by atoms with Gasteiger partial charge in [0.25, 0.3) is 5.91 Å². The van der Waals surface area contributed by atoms with Gasteiger partial charge in [-0.25, -0.2) is 4.98 Å². The molecule has 3 rings (SSSR count). The lowest BCUT2D eigenvalue weighted by Crippen LogP contribution is -2.36. The van der Waals surface area contributed by atoms with Crippen LogP contribution in [-0.4, -0.2) is 33.3 Å². The summed E-state index contributed by atoms with van der Waals surface area (Å²) in [5, 5.41) is 6.02. The Hall–Kier alpha value is -2.83. The fourth-order valence-electron chi connectivity index (χ4n) is 3.68. The lowest BCUT2D eigenvalue weighted by atomic mass is 9.77. The van der Waals surface area contributed by atoms with Gasteiger partial charge < -0.3 is 10.6 Å². The molecule has 7 heteroatoms. The molecule has 0 aliphatic heterocycles. The number of carbonyl (C=O) groups is 2. The van der Waals surface area contributed by atoms with Crippen molar-refractivity contribution in [1.82, 2.24) is 25.6 Å². The molecule has 0 spiro atoms. The molecule has 2 heterocycles. The Bertz CT molecular complexity index is 745. The van der Waals surface area contributed by atoms with Gasteiger partial charge >= 0.3 is 0 Å². The normalized spacial score (nSPS) is 20.5. The molecule has 1 fully saturated rings. The topological polar surface area (TPSA) is 96.9 Å². The van der Waals surface area contributed by atoms with Crippen molar-refractivity contribution in [2.45, 2.75) is 38.6 Å². The molecule has 1 aliphatic rings. The van der Waals surface area contributed by atoms with E-state index in [0.717, 1.165) is 31.4 Å². The number of rotatable bonds is 6. The number of aromatic nitrogens is 3. The van der Waals surface area contributed by atoms with Crippen LogP contribution in [-0.2, 0) is 4.79 Å². The number of hydrogen-bond acceptors (Lipinski definition) is 5. The first-order valence-corrected chi connectivity index (χ1v) is 9.35. The Morgan fingerprint density at radius 1 is 1.11 bits per heavy atom. The summed E-state index contributed by atoms with van der Waals surface area (Å²) in [5.74, 6) is 0.568. The third kappa shape index (κ3) is 5.32. The van der Waals surface area contributed by atoms with E-state index < -0.39 is 0 Å². The van der Waals surface area contributed by atoms with E-state index in [1.165, 1.54) is 12.4 Å². The Balaban J connectivity index is 1.52. The average molecular weight is 367 g/mol. The van der Waals surface area contributed by atoms with E-state index in [2.05, 4.69) is 25.6 Å². The third-order valence-electron chi connectivity index (χ3n) is 5.08. The van der Waals surface area contributed by atoms with Crippen molar-refractivity contribution < 1.29 is 9.59 Å². The molecule has 2 aromatic rings. The summed E-state index contributed by atoms with van der Waals surface area (Å²) in [6, 6.07) is 5.74. The summed E-state index contributed by atoms with van der Waals surface area (Å²) in [5.41, 5.74) is 1.25. The first kappa shape index (κ1) is 18.9. The van der Waals surface area contributed by atoms with E-state index in [-0.39, 0.29) is 17.9 Å². The summed E-state index contributed by atoms with van der Waals surface area (Å²) in [6.07, 6.45) is 10.3. The number of nitrogens with one attached hydrogen (secondary N) is 2. The van der Waals surface area contributed by atoms with Crippen molar-refractivity contribution in [1.29, 1.82) is 0 Å². The fourth-order valence-corrected chi connectivity index (χ4v) is 3.68.